The van der Waals surface area contributed by atoms with Gasteiger partial charge < -0.3 is 19.8 Å². The Kier molecular flexibility index (Phi) is 5.63. The Labute approximate surface area is 165 Å². The zero-order valence-electron chi connectivity index (χ0n) is 15.7. The van der Waals surface area contributed by atoms with Crippen LogP contribution in [0, 0.1) is 0 Å². The fourth-order valence-corrected chi connectivity index (χ4v) is 4.18. The van der Waals surface area contributed by atoms with Gasteiger partial charge in [-0.3, -0.25) is 9.63 Å². The minimum atomic E-state index is -0.423. The minimum absolute atomic E-state index is 0.0867. The van der Waals surface area contributed by atoms with Gasteiger partial charge in [0, 0.05) is 19.0 Å². The molecule has 0 aliphatic carbocycles. The number of rotatable bonds is 7. The van der Waals surface area contributed by atoms with Gasteiger partial charge in [0.25, 0.3) is 7.41 Å². The molecule has 3 aliphatic rings. The first-order valence-electron chi connectivity index (χ1n) is 9.75. The molecule has 28 heavy (non-hydrogen) atoms. The van der Waals surface area contributed by atoms with Gasteiger partial charge in [0.1, 0.15) is 12.6 Å². The highest BCUT2D eigenvalue weighted by Crippen LogP contribution is 2.32. The smallest absolute Gasteiger partial charge is 0.345 e. The van der Waals surface area contributed by atoms with Crippen LogP contribution < -0.4 is 5.32 Å². The second-order valence-electron chi connectivity index (χ2n) is 7.53. The van der Waals surface area contributed by atoms with E-state index in [1.165, 1.54) is 5.06 Å². The van der Waals surface area contributed by atoms with Crippen LogP contribution in [0.2, 0.25) is 0 Å². The summed E-state index contributed by atoms with van der Waals surface area (Å²) in [5, 5.41) is 4.50. The van der Waals surface area contributed by atoms with Gasteiger partial charge in [-0.15, -0.1) is 0 Å². The van der Waals surface area contributed by atoms with Crippen LogP contribution in [-0.4, -0.2) is 78.1 Å². The van der Waals surface area contributed by atoms with Gasteiger partial charge in [0.2, 0.25) is 5.91 Å². The van der Waals surface area contributed by atoms with Crippen molar-refractivity contribution in [3.63, 3.8) is 0 Å². The van der Waals surface area contributed by atoms with E-state index in [-0.39, 0.29) is 24.0 Å². The van der Waals surface area contributed by atoms with Crippen LogP contribution in [0.4, 0.5) is 4.79 Å². The average molecular weight is 383 g/mol. The van der Waals surface area contributed by atoms with E-state index in [0.29, 0.717) is 19.6 Å². The molecule has 8 nitrogen and oxygen atoms in total. The number of nitrogens with zero attached hydrogens (tertiary/aromatic N) is 3. The predicted octanol–water partition coefficient (Wildman–Crippen LogP) is 0.387. The zero-order chi connectivity index (χ0) is 19.5. The zero-order valence-corrected chi connectivity index (χ0v) is 15.7. The van der Waals surface area contributed by atoms with Crippen LogP contribution in [0.5, 0.6) is 0 Å². The molecule has 3 aliphatic heterocycles. The van der Waals surface area contributed by atoms with Crippen LogP contribution >= 0.6 is 0 Å². The molecule has 147 valence electrons. The molecular formula is C19H24BN4O4. The van der Waals surface area contributed by atoms with Gasteiger partial charge >= 0.3 is 6.03 Å². The molecule has 2 atom stereocenters. The molecule has 0 saturated carbocycles. The Morgan fingerprint density at radius 2 is 2.00 bits per heavy atom. The molecule has 4 rings (SSSR count). The SMILES string of the molecule is O=C[B]N1CCC(NC(=O)[C@@H]2C[C@@H]3CN2C(=O)N3OCc2ccccc2)CC1. The minimum Gasteiger partial charge on any atom is -0.351 e. The molecule has 2 bridgehead atoms. The number of hydrogen-bond donors (Lipinski definition) is 1. The van der Waals surface area contributed by atoms with Crippen molar-refractivity contribution in [3.8, 4) is 0 Å². The summed E-state index contributed by atoms with van der Waals surface area (Å²) in [5.74, 6) is -0.0867. The fourth-order valence-electron chi connectivity index (χ4n) is 4.18. The lowest BCUT2D eigenvalue weighted by Crippen LogP contribution is -2.54. The third-order valence-corrected chi connectivity index (χ3v) is 5.71. The van der Waals surface area contributed by atoms with Gasteiger partial charge in [0.15, 0.2) is 0 Å². The number of hydroxylamine groups is 2. The molecule has 1 N–H and O–H groups in total. The molecular weight excluding hydrogens is 359 g/mol. The Hall–Kier alpha value is -2.39. The summed E-state index contributed by atoms with van der Waals surface area (Å²) >= 11 is 0. The van der Waals surface area contributed by atoms with Crippen molar-refractivity contribution in [1.29, 1.82) is 0 Å². The third kappa shape index (κ3) is 3.90. The van der Waals surface area contributed by atoms with E-state index in [1.807, 2.05) is 35.1 Å². The quantitative estimate of drug-likeness (QED) is 0.544. The first-order valence-corrected chi connectivity index (χ1v) is 9.75. The Morgan fingerprint density at radius 1 is 1.25 bits per heavy atom. The Morgan fingerprint density at radius 3 is 2.68 bits per heavy atom. The maximum Gasteiger partial charge on any atom is 0.345 e. The summed E-state index contributed by atoms with van der Waals surface area (Å²) in [6.07, 6.45) is 2.97. The normalized spacial score (nSPS) is 25.2. The monoisotopic (exact) mass is 383 g/mol. The van der Waals surface area contributed by atoms with Gasteiger partial charge in [-0.25, -0.2) is 4.79 Å². The summed E-state index contributed by atoms with van der Waals surface area (Å²) in [5.41, 5.74) is 1.00. The maximum atomic E-state index is 12.7. The molecule has 3 heterocycles. The predicted molar refractivity (Wildman–Crippen MR) is 103 cm³/mol. The average Bonchev–Trinajstić information content (AvgIpc) is 3.28. The highest BCUT2D eigenvalue weighted by molar-refractivity contribution is 6.64. The van der Waals surface area contributed by atoms with E-state index in [0.717, 1.165) is 37.7 Å². The Bertz CT molecular complexity index is 726. The van der Waals surface area contributed by atoms with Crippen LogP contribution in [0.3, 0.4) is 0 Å². The van der Waals surface area contributed by atoms with E-state index in [1.54, 1.807) is 12.3 Å². The summed E-state index contributed by atoms with van der Waals surface area (Å²) < 4.78 is 0. The van der Waals surface area contributed by atoms with Crippen LogP contribution in [0.1, 0.15) is 24.8 Å². The molecule has 1 radical (unpaired) electrons. The van der Waals surface area contributed by atoms with Crippen molar-refractivity contribution in [2.45, 2.75) is 44.0 Å². The van der Waals surface area contributed by atoms with E-state index in [9.17, 15) is 14.4 Å². The van der Waals surface area contributed by atoms with Crippen molar-refractivity contribution in [1.82, 2.24) is 20.1 Å². The van der Waals surface area contributed by atoms with Gasteiger partial charge in [-0.1, -0.05) is 30.3 Å². The number of carbonyl (C=O) groups is 3. The second kappa shape index (κ2) is 8.32. The number of hydrogen-bond acceptors (Lipinski definition) is 5. The van der Waals surface area contributed by atoms with Gasteiger partial charge in [-0.05, 0) is 31.5 Å². The maximum absolute atomic E-state index is 12.7. The molecule has 0 unspecified atom stereocenters. The van der Waals surface area contributed by atoms with Crippen molar-refractivity contribution >= 4 is 25.5 Å². The second-order valence-corrected chi connectivity index (χ2v) is 7.53. The molecule has 1 aromatic carbocycles. The molecule has 3 amide bonds. The lowest BCUT2D eigenvalue weighted by molar-refractivity contribution is -0.151. The van der Waals surface area contributed by atoms with E-state index in [2.05, 4.69) is 5.32 Å². The highest BCUT2D eigenvalue weighted by Gasteiger charge is 2.52. The summed E-state index contributed by atoms with van der Waals surface area (Å²) in [6, 6.07) is 9.05. The number of nitrogens with one attached hydrogen (secondary N) is 1. The van der Waals surface area contributed by atoms with Crippen molar-refractivity contribution in [2.75, 3.05) is 19.6 Å². The van der Waals surface area contributed by atoms with Crippen molar-refractivity contribution in [3.05, 3.63) is 35.9 Å². The number of fused-ring (bicyclic) bond motifs is 2. The van der Waals surface area contributed by atoms with Crippen molar-refractivity contribution < 1.29 is 19.2 Å². The summed E-state index contributed by atoms with van der Waals surface area (Å²) in [7, 11) is 1.54. The lowest BCUT2D eigenvalue weighted by Gasteiger charge is -2.34. The molecule has 9 heteroatoms. The van der Waals surface area contributed by atoms with Crippen LogP contribution in [0.15, 0.2) is 30.3 Å². The topological polar surface area (TPSA) is 82.2 Å². The number of carbonyl (C=O) groups excluding carboxylic acids is 3. The third-order valence-electron chi connectivity index (χ3n) is 5.71. The highest BCUT2D eigenvalue weighted by atomic mass is 16.7. The van der Waals surface area contributed by atoms with Crippen molar-refractivity contribution in [2.24, 2.45) is 0 Å². The summed E-state index contributed by atoms with van der Waals surface area (Å²) in [6.45, 7) is 2.37. The van der Waals surface area contributed by atoms with E-state index in [4.69, 9.17) is 4.84 Å². The molecule has 3 fully saturated rings. The molecule has 0 spiro atoms. The van der Waals surface area contributed by atoms with E-state index < -0.39 is 6.04 Å². The molecule has 1 aromatic rings. The number of piperidine rings is 1. The number of urea groups is 1. The number of amides is 3. The standard InChI is InChI=1S/C19H24BN4O4/c25-13-20-22-8-6-15(7-9-22)21-18(26)17-10-16-11-23(17)19(27)24(16)28-12-14-4-2-1-3-5-14/h1-5,13,15-17H,6-12H2,(H,21,26)/t16-,17+/m1/s1. The first-order chi connectivity index (χ1) is 13.7. The van der Waals surface area contributed by atoms with Crippen LogP contribution in [0.25, 0.3) is 0 Å². The number of benzene rings is 1. The largest absolute Gasteiger partial charge is 0.351 e. The lowest BCUT2D eigenvalue weighted by atomic mass is 9.89. The van der Waals surface area contributed by atoms with Crippen LogP contribution in [-0.2, 0) is 21.0 Å². The first kappa shape index (κ1) is 19.0. The summed E-state index contributed by atoms with van der Waals surface area (Å²) in [4.78, 5) is 45.2. The van der Waals surface area contributed by atoms with Gasteiger partial charge in [0.05, 0.1) is 12.2 Å². The fraction of sp³-hybridized carbons (Fsp3) is 0.526. The van der Waals surface area contributed by atoms with Gasteiger partial charge in [-0.2, -0.15) is 5.06 Å². The molecule has 3 saturated heterocycles. The molecule has 0 aromatic heterocycles. The van der Waals surface area contributed by atoms with E-state index >= 15 is 0 Å². The Balaban J connectivity index is 1.26.